The highest BCUT2D eigenvalue weighted by Crippen LogP contribution is 2.15. The van der Waals surface area contributed by atoms with Crippen molar-refractivity contribution < 1.29 is 21.3 Å². The third-order valence-corrected chi connectivity index (χ3v) is 6.45. The lowest BCUT2D eigenvalue weighted by Crippen LogP contribution is -2.27. The molecule has 0 unspecified atom stereocenters. The molecule has 0 bridgehead atoms. The second kappa shape index (κ2) is 9.24. The smallest absolute Gasteiger partial charge is 0.335 e. The van der Waals surface area contributed by atoms with E-state index in [9.17, 15) is 16.8 Å². The zero-order chi connectivity index (χ0) is 19.0. The van der Waals surface area contributed by atoms with Crippen molar-refractivity contribution in [3.05, 3.63) is 41.8 Å². The summed E-state index contributed by atoms with van der Waals surface area (Å²) in [5.74, 6) is 0.0583. The lowest BCUT2D eigenvalue weighted by atomic mass is 10.2. The van der Waals surface area contributed by atoms with Crippen molar-refractivity contribution >= 4 is 19.9 Å². The van der Waals surface area contributed by atoms with Gasteiger partial charge in [-0.15, -0.1) is 5.10 Å². The molecular weight excluding hydrogens is 378 g/mol. The Kier molecular flexibility index (Phi) is 7.30. The van der Waals surface area contributed by atoms with Crippen LogP contribution < -0.4 is 4.72 Å². The van der Waals surface area contributed by atoms with Crippen LogP contribution in [-0.4, -0.2) is 39.3 Å². The second-order valence-corrected chi connectivity index (χ2v) is 9.67. The van der Waals surface area contributed by atoms with Gasteiger partial charge in [0.1, 0.15) is 0 Å². The minimum atomic E-state index is -3.71. The zero-order valence-electron chi connectivity index (χ0n) is 14.6. The number of nitrogens with one attached hydrogen (secondary N) is 1. The van der Waals surface area contributed by atoms with Crippen LogP contribution >= 0.6 is 0 Å². The molecule has 0 saturated heterocycles. The fourth-order valence-electron chi connectivity index (χ4n) is 2.19. The first-order valence-corrected chi connectivity index (χ1v) is 11.7. The number of nitrogens with zero attached hydrogens (tertiary/aromatic N) is 2. The van der Waals surface area contributed by atoms with Gasteiger partial charge in [-0.25, -0.2) is 21.6 Å². The fraction of sp³-hybridized carbons (Fsp3) is 0.500. The quantitative estimate of drug-likeness (QED) is 0.569. The molecule has 0 radical (unpaired) electrons. The maximum atomic E-state index is 12.3. The van der Waals surface area contributed by atoms with E-state index < -0.39 is 25.1 Å². The number of aromatic nitrogens is 2. The van der Waals surface area contributed by atoms with Gasteiger partial charge < -0.3 is 4.42 Å². The average Bonchev–Trinajstić information content (AvgIpc) is 3.07. The lowest BCUT2D eigenvalue weighted by Gasteiger charge is -2.04. The van der Waals surface area contributed by atoms with Crippen LogP contribution in [0.25, 0.3) is 0 Å². The minimum Gasteiger partial charge on any atom is -0.413 e. The summed E-state index contributed by atoms with van der Waals surface area (Å²) >= 11 is 0. The number of hydrogen-bond donors (Lipinski definition) is 1. The monoisotopic (exact) mass is 401 g/mol. The maximum Gasteiger partial charge on any atom is 0.335 e. The van der Waals surface area contributed by atoms with Crippen LogP contribution in [-0.2, 0) is 32.0 Å². The highest BCUT2D eigenvalue weighted by Gasteiger charge is 2.23. The molecule has 0 saturated carbocycles. The first kappa shape index (κ1) is 20.5. The van der Waals surface area contributed by atoms with Gasteiger partial charge in [0, 0.05) is 13.0 Å². The van der Waals surface area contributed by atoms with Gasteiger partial charge in [-0.05, 0) is 18.4 Å². The minimum absolute atomic E-state index is 0.103. The molecular formula is C16H23N3O5S2. The van der Waals surface area contributed by atoms with Gasteiger partial charge in [0.25, 0.3) is 0 Å². The van der Waals surface area contributed by atoms with Crippen LogP contribution in [0.4, 0.5) is 0 Å². The van der Waals surface area contributed by atoms with E-state index in [0.717, 1.165) is 6.42 Å². The number of hydrogen-bond acceptors (Lipinski definition) is 7. The molecule has 2 rings (SSSR count). The molecule has 0 aliphatic rings. The van der Waals surface area contributed by atoms with E-state index >= 15 is 0 Å². The summed E-state index contributed by atoms with van der Waals surface area (Å²) in [7, 11) is -6.97. The Balaban J connectivity index is 1.86. The van der Waals surface area contributed by atoms with Gasteiger partial charge >= 0.3 is 5.22 Å². The molecule has 1 aromatic carbocycles. The predicted octanol–water partition coefficient (Wildman–Crippen LogP) is 1.70. The topological polar surface area (TPSA) is 119 Å². The molecule has 0 atom stereocenters. The Morgan fingerprint density at radius 2 is 1.77 bits per heavy atom. The molecule has 0 spiro atoms. The Morgan fingerprint density at radius 1 is 1.04 bits per heavy atom. The highest BCUT2D eigenvalue weighted by molar-refractivity contribution is 7.90. The number of aryl methyl sites for hydroxylation is 1. The van der Waals surface area contributed by atoms with Gasteiger partial charge in [0.2, 0.25) is 25.8 Å². The molecule has 0 aliphatic heterocycles. The number of rotatable bonds is 11. The molecule has 0 amide bonds. The van der Waals surface area contributed by atoms with Crippen molar-refractivity contribution in [1.82, 2.24) is 14.9 Å². The molecule has 144 valence electrons. The number of unbranched alkanes of at least 4 members (excludes halogenated alkanes) is 1. The summed E-state index contributed by atoms with van der Waals surface area (Å²) in [6, 6.07) is 8.73. The number of benzene rings is 1. The first-order chi connectivity index (χ1) is 12.3. The predicted molar refractivity (Wildman–Crippen MR) is 96.6 cm³/mol. The molecule has 26 heavy (non-hydrogen) atoms. The van der Waals surface area contributed by atoms with E-state index in [1.165, 1.54) is 0 Å². The Morgan fingerprint density at radius 3 is 2.46 bits per heavy atom. The molecule has 1 aromatic heterocycles. The van der Waals surface area contributed by atoms with E-state index in [1.54, 1.807) is 30.3 Å². The van der Waals surface area contributed by atoms with Gasteiger partial charge in [-0.2, -0.15) is 0 Å². The summed E-state index contributed by atoms with van der Waals surface area (Å²) in [4.78, 5) is 0. The number of sulfone groups is 1. The molecule has 8 nitrogen and oxygen atoms in total. The summed E-state index contributed by atoms with van der Waals surface area (Å²) in [5.41, 5.74) is 0.633. The van der Waals surface area contributed by atoms with Crippen LogP contribution in [0.3, 0.4) is 0 Å². The molecule has 10 heteroatoms. The van der Waals surface area contributed by atoms with Crippen molar-refractivity contribution in [1.29, 1.82) is 0 Å². The van der Waals surface area contributed by atoms with E-state index in [1.807, 2.05) is 6.92 Å². The van der Waals surface area contributed by atoms with Crippen LogP contribution in [0.1, 0.15) is 37.6 Å². The van der Waals surface area contributed by atoms with Crippen LogP contribution in [0.15, 0.2) is 40.0 Å². The SMILES string of the molecule is CCCCS(=O)(=O)NCCCc1nnc(S(=O)(=O)Cc2ccccc2)o1. The molecule has 0 aliphatic carbocycles. The van der Waals surface area contributed by atoms with Crippen LogP contribution in [0, 0.1) is 0 Å². The van der Waals surface area contributed by atoms with Crippen molar-refractivity contribution in [2.75, 3.05) is 12.3 Å². The van der Waals surface area contributed by atoms with Gasteiger partial charge in [0.15, 0.2) is 0 Å². The van der Waals surface area contributed by atoms with Gasteiger partial charge in [-0.3, -0.25) is 0 Å². The van der Waals surface area contributed by atoms with Crippen LogP contribution in [0.5, 0.6) is 0 Å². The summed E-state index contributed by atoms with van der Waals surface area (Å²) in [6.07, 6.45) is 2.15. The van der Waals surface area contributed by atoms with Gasteiger partial charge in [0.05, 0.1) is 11.5 Å². The van der Waals surface area contributed by atoms with Crippen LogP contribution in [0.2, 0.25) is 0 Å². The summed E-state index contributed by atoms with van der Waals surface area (Å²) < 4.78 is 55.6. The van der Waals surface area contributed by atoms with E-state index in [-0.39, 0.29) is 23.9 Å². The Labute approximate surface area is 154 Å². The largest absolute Gasteiger partial charge is 0.413 e. The van der Waals surface area contributed by atoms with E-state index in [0.29, 0.717) is 24.8 Å². The fourth-order valence-corrected chi connectivity index (χ4v) is 4.61. The standard InChI is InChI=1S/C16H23N3O5S2/c1-2-3-12-26(22,23)17-11-7-10-15-18-19-16(24-15)25(20,21)13-14-8-5-4-6-9-14/h4-6,8-9,17H,2-3,7,10-13H2,1H3. The molecule has 2 aromatic rings. The second-order valence-electron chi connectivity index (χ2n) is 5.88. The first-order valence-electron chi connectivity index (χ1n) is 8.39. The summed E-state index contributed by atoms with van der Waals surface area (Å²) in [5, 5.41) is 6.93. The van der Waals surface area contributed by atoms with Gasteiger partial charge in [-0.1, -0.05) is 48.8 Å². The van der Waals surface area contributed by atoms with Crippen molar-refractivity contribution in [2.45, 2.75) is 43.6 Å². The molecule has 1 N–H and O–H groups in total. The maximum absolute atomic E-state index is 12.3. The van der Waals surface area contributed by atoms with Crippen molar-refractivity contribution in [3.8, 4) is 0 Å². The lowest BCUT2D eigenvalue weighted by molar-refractivity contribution is 0.393. The zero-order valence-corrected chi connectivity index (χ0v) is 16.2. The van der Waals surface area contributed by atoms with Crippen molar-refractivity contribution in [2.24, 2.45) is 0 Å². The van der Waals surface area contributed by atoms with Crippen molar-refractivity contribution in [3.63, 3.8) is 0 Å². The normalized spacial score (nSPS) is 12.3. The molecule has 0 fully saturated rings. The average molecular weight is 402 g/mol. The van der Waals surface area contributed by atoms with E-state index in [4.69, 9.17) is 4.42 Å². The third-order valence-electron chi connectivity index (χ3n) is 3.57. The van der Waals surface area contributed by atoms with E-state index in [2.05, 4.69) is 14.9 Å². The Bertz CT molecular complexity index is 893. The highest BCUT2D eigenvalue weighted by atomic mass is 32.2. The number of sulfonamides is 1. The Hall–Kier alpha value is -1.78. The third kappa shape index (κ3) is 6.50. The molecule has 1 heterocycles. The summed E-state index contributed by atoms with van der Waals surface area (Å²) in [6.45, 7) is 2.16.